The van der Waals surface area contributed by atoms with Gasteiger partial charge in [0.1, 0.15) is 5.82 Å². The van der Waals surface area contributed by atoms with Gasteiger partial charge < -0.3 is 15.5 Å². The topological polar surface area (TPSA) is 91.6 Å². The zero-order chi connectivity index (χ0) is 20.2. The Kier molecular flexibility index (Phi) is 5.41. The molecule has 0 unspecified atom stereocenters. The van der Waals surface area contributed by atoms with E-state index in [1.807, 2.05) is 60.0 Å². The van der Waals surface area contributed by atoms with Gasteiger partial charge in [0, 0.05) is 30.9 Å². The fraction of sp³-hybridized carbons (Fsp3) is 0.333. The molecule has 3 aromatic rings. The van der Waals surface area contributed by atoms with Gasteiger partial charge in [-0.3, -0.25) is 9.20 Å². The highest BCUT2D eigenvalue weighted by Gasteiger charge is 2.26. The minimum Gasteiger partial charge on any atom is -0.341 e. The van der Waals surface area contributed by atoms with Crippen molar-refractivity contribution in [2.24, 2.45) is 0 Å². The number of urea groups is 1. The molecule has 29 heavy (non-hydrogen) atoms. The normalized spacial score (nSPS) is 14.7. The Morgan fingerprint density at radius 2 is 1.93 bits per heavy atom. The third kappa shape index (κ3) is 4.37. The van der Waals surface area contributed by atoms with Gasteiger partial charge >= 0.3 is 6.03 Å². The highest BCUT2D eigenvalue weighted by Crippen LogP contribution is 2.27. The van der Waals surface area contributed by atoms with E-state index in [2.05, 4.69) is 20.8 Å². The first-order valence-electron chi connectivity index (χ1n) is 9.79. The van der Waals surface area contributed by atoms with E-state index in [0.717, 1.165) is 29.9 Å². The predicted octanol–water partition coefficient (Wildman–Crippen LogP) is 2.57. The Hall–Kier alpha value is -3.42. The number of piperidine rings is 1. The molecule has 0 radical (unpaired) electrons. The van der Waals surface area contributed by atoms with Crippen LogP contribution < -0.4 is 10.6 Å². The van der Waals surface area contributed by atoms with Crippen molar-refractivity contribution in [3.05, 3.63) is 60.0 Å². The molecule has 1 saturated heterocycles. The SMILES string of the molecule is Cc1cccc(NC(=O)NCC(=O)N2CCC(c3nnc4ccccn34)CC2)c1. The fourth-order valence-electron chi connectivity index (χ4n) is 3.69. The lowest BCUT2D eigenvalue weighted by atomic mass is 9.96. The summed E-state index contributed by atoms with van der Waals surface area (Å²) in [5, 5.41) is 13.9. The Labute approximate surface area is 168 Å². The molecule has 8 nitrogen and oxygen atoms in total. The van der Waals surface area contributed by atoms with Crippen molar-refractivity contribution in [1.29, 1.82) is 0 Å². The standard InChI is InChI=1S/C21H24N6O2/c1-15-5-4-6-17(13-15)23-21(29)22-14-19(28)26-11-8-16(9-12-26)20-25-24-18-7-2-3-10-27(18)20/h2-7,10,13,16H,8-9,11-12,14H2,1H3,(H2,22,23,29). The van der Waals surface area contributed by atoms with Crippen molar-refractivity contribution < 1.29 is 9.59 Å². The highest BCUT2D eigenvalue weighted by atomic mass is 16.2. The van der Waals surface area contributed by atoms with Crippen LogP contribution >= 0.6 is 0 Å². The monoisotopic (exact) mass is 392 g/mol. The number of benzene rings is 1. The van der Waals surface area contributed by atoms with Crippen LogP contribution in [0.4, 0.5) is 10.5 Å². The minimum atomic E-state index is -0.381. The molecule has 0 atom stereocenters. The number of aromatic nitrogens is 3. The number of nitrogens with one attached hydrogen (secondary N) is 2. The maximum Gasteiger partial charge on any atom is 0.319 e. The number of aryl methyl sites for hydroxylation is 1. The highest BCUT2D eigenvalue weighted by molar-refractivity contribution is 5.92. The van der Waals surface area contributed by atoms with Gasteiger partial charge in [-0.2, -0.15) is 0 Å². The molecule has 1 aliphatic rings. The average molecular weight is 392 g/mol. The number of likely N-dealkylation sites (tertiary alicyclic amines) is 1. The molecule has 0 aliphatic carbocycles. The van der Waals surface area contributed by atoms with Crippen LogP contribution in [0, 0.1) is 6.92 Å². The quantitative estimate of drug-likeness (QED) is 0.714. The number of hydrogen-bond donors (Lipinski definition) is 2. The molecule has 1 fully saturated rings. The van der Waals surface area contributed by atoms with Crippen LogP contribution in [0.3, 0.4) is 0 Å². The molecular formula is C21H24N6O2. The van der Waals surface area contributed by atoms with E-state index >= 15 is 0 Å². The molecule has 150 valence electrons. The number of carbonyl (C=O) groups excluding carboxylic acids is 2. The molecule has 2 aromatic heterocycles. The largest absolute Gasteiger partial charge is 0.341 e. The Morgan fingerprint density at radius 3 is 2.72 bits per heavy atom. The number of pyridine rings is 1. The molecule has 0 spiro atoms. The van der Waals surface area contributed by atoms with Gasteiger partial charge in [-0.15, -0.1) is 10.2 Å². The Balaban J connectivity index is 1.26. The van der Waals surface area contributed by atoms with E-state index in [4.69, 9.17) is 0 Å². The van der Waals surface area contributed by atoms with E-state index in [1.54, 1.807) is 4.90 Å². The average Bonchev–Trinajstić information content (AvgIpc) is 3.16. The molecule has 0 bridgehead atoms. The van der Waals surface area contributed by atoms with Crippen molar-refractivity contribution in [3.63, 3.8) is 0 Å². The Morgan fingerprint density at radius 1 is 1.10 bits per heavy atom. The number of nitrogens with zero attached hydrogens (tertiary/aromatic N) is 4. The molecule has 1 aliphatic heterocycles. The summed E-state index contributed by atoms with van der Waals surface area (Å²) in [7, 11) is 0. The number of rotatable bonds is 4. The van der Waals surface area contributed by atoms with Gasteiger partial charge in [-0.1, -0.05) is 18.2 Å². The molecule has 1 aromatic carbocycles. The maximum atomic E-state index is 12.5. The van der Waals surface area contributed by atoms with Crippen molar-refractivity contribution in [1.82, 2.24) is 24.8 Å². The summed E-state index contributed by atoms with van der Waals surface area (Å²) in [5.41, 5.74) is 2.60. The summed E-state index contributed by atoms with van der Waals surface area (Å²) < 4.78 is 2.01. The van der Waals surface area contributed by atoms with Crippen molar-refractivity contribution >= 4 is 23.3 Å². The summed E-state index contributed by atoms with van der Waals surface area (Å²) >= 11 is 0. The third-order valence-electron chi connectivity index (χ3n) is 5.23. The molecule has 2 N–H and O–H groups in total. The lowest BCUT2D eigenvalue weighted by molar-refractivity contribution is -0.131. The maximum absolute atomic E-state index is 12.5. The molecule has 3 heterocycles. The van der Waals surface area contributed by atoms with E-state index < -0.39 is 0 Å². The smallest absolute Gasteiger partial charge is 0.319 e. The summed E-state index contributed by atoms with van der Waals surface area (Å²) in [6, 6.07) is 13.0. The van der Waals surface area contributed by atoms with Crippen LogP contribution in [0.2, 0.25) is 0 Å². The minimum absolute atomic E-state index is 0.0177. The lowest BCUT2D eigenvalue weighted by Gasteiger charge is -2.31. The summed E-state index contributed by atoms with van der Waals surface area (Å²) in [5.74, 6) is 1.14. The first-order valence-corrected chi connectivity index (χ1v) is 9.79. The molecule has 0 saturated carbocycles. The third-order valence-corrected chi connectivity index (χ3v) is 5.23. The van der Waals surface area contributed by atoms with E-state index in [-0.39, 0.29) is 24.4 Å². The number of amides is 3. The summed E-state index contributed by atoms with van der Waals surface area (Å²) in [6.07, 6.45) is 3.63. The first-order chi connectivity index (χ1) is 14.1. The number of anilines is 1. The fourth-order valence-corrected chi connectivity index (χ4v) is 3.69. The number of hydrogen-bond acceptors (Lipinski definition) is 4. The van der Waals surface area contributed by atoms with E-state index in [0.29, 0.717) is 18.8 Å². The van der Waals surface area contributed by atoms with Crippen LogP contribution in [-0.2, 0) is 4.79 Å². The summed E-state index contributed by atoms with van der Waals surface area (Å²) in [6.45, 7) is 3.23. The van der Waals surface area contributed by atoms with Gasteiger partial charge in [0.15, 0.2) is 5.65 Å². The second-order valence-corrected chi connectivity index (χ2v) is 7.32. The van der Waals surface area contributed by atoms with Gasteiger partial charge in [0.25, 0.3) is 0 Å². The zero-order valence-corrected chi connectivity index (χ0v) is 16.3. The van der Waals surface area contributed by atoms with Gasteiger partial charge in [-0.25, -0.2) is 4.79 Å². The molecule has 3 amide bonds. The van der Waals surface area contributed by atoms with Gasteiger partial charge in [0.05, 0.1) is 6.54 Å². The second-order valence-electron chi connectivity index (χ2n) is 7.32. The summed E-state index contributed by atoms with van der Waals surface area (Å²) in [4.78, 5) is 26.3. The number of carbonyl (C=O) groups is 2. The van der Waals surface area contributed by atoms with Crippen molar-refractivity contribution in [2.45, 2.75) is 25.7 Å². The molecule has 4 rings (SSSR count). The van der Waals surface area contributed by atoms with Gasteiger partial charge in [-0.05, 0) is 49.6 Å². The lowest BCUT2D eigenvalue weighted by Crippen LogP contribution is -2.44. The van der Waals surface area contributed by atoms with E-state index in [9.17, 15) is 9.59 Å². The first kappa shape index (κ1) is 18.9. The van der Waals surface area contributed by atoms with Crippen LogP contribution in [0.5, 0.6) is 0 Å². The molecule has 8 heteroatoms. The van der Waals surface area contributed by atoms with Gasteiger partial charge in [0.2, 0.25) is 5.91 Å². The predicted molar refractivity (Wildman–Crippen MR) is 110 cm³/mol. The van der Waals surface area contributed by atoms with Crippen molar-refractivity contribution in [3.8, 4) is 0 Å². The van der Waals surface area contributed by atoms with E-state index in [1.165, 1.54) is 0 Å². The van der Waals surface area contributed by atoms with Crippen LogP contribution in [0.25, 0.3) is 5.65 Å². The van der Waals surface area contributed by atoms with Crippen LogP contribution in [0.1, 0.15) is 30.1 Å². The molecular weight excluding hydrogens is 368 g/mol. The second kappa shape index (κ2) is 8.30. The number of fused-ring (bicyclic) bond motifs is 1. The van der Waals surface area contributed by atoms with Crippen LogP contribution in [0.15, 0.2) is 48.7 Å². The zero-order valence-electron chi connectivity index (χ0n) is 16.3. The van der Waals surface area contributed by atoms with Crippen LogP contribution in [-0.4, -0.2) is 51.1 Å². The Bertz CT molecular complexity index is 1020. The van der Waals surface area contributed by atoms with Crippen molar-refractivity contribution in [2.75, 3.05) is 25.0 Å².